The number of nitrogens with one attached hydrogen (secondary N) is 1. The summed E-state index contributed by atoms with van der Waals surface area (Å²) in [4.78, 5) is 12.3. The summed E-state index contributed by atoms with van der Waals surface area (Å²) in [5, 5.41) is 2.06. The van der Waals surface area contributed by atoms with Crippen molar-refractivity contribution in [2.75, 3.05) is 25.5 Å². The van der Waals surface area contributed by atoms with Gasteiger partial charge in [0.1, 0.15) is 5.82 Å². The van der Waals surface area contributed by atoms with Crippen LogP contribution in [-0.4, -0.2) is 43.1 Å². The van der Waals surface area contributed by atoms with Crippen LogP contribution in [0.15, 0.2) is 30.3 Å². The predicted octanol–water partition coefficient (Wildman–Crippen LogP) is 3.92. The van der Waals surface area contributed by atoms with Gasteiger partial charge >= 0.3 is 0 Å². The SMILES string of the molecule is CCCN(CC(=O)Nc1ccc(F)c(F)c1F)S(=O)(=O)N(C)Cc1c(F)cccc1Cl. The lowest BCUT2D eigenvalue weighted by Crippen LogP contribution is -2.45. The number of anilines is 1. The van der Waals surface area contributed by atoms with Gasteiger partial charge in [0.05, 0.1) is 12.2 Å². The Morgan fingerprint density at radius 2 is 1.74 bits per heavy atom. The Morgan fingerprint density at radius 3 is 2.35 bits per heavy atom. The number of benzene rings is 2. The number of carbonyl (C=O) groups excluding carboxylic acids is 1. The Labute approximate surface area is 182 Å². The van der Waals surface area contributed by atoms with Gasteiger partial charge in [-0.05, 0) is 30.7 Å². The molecule has 0 fully saturated rings. The number of halogens is 5. The number of carbonyl (C=O) groups is 1. The van der Waals surface area contributed by atoms with Gasteiger partial charge in [0.15, 0.2) is 17.5 Å². The average Bonchev–Trinajstić information content (AvgIpc) is 2.70. The van der Waals surface area contributed by atoms with E-state index in [4.69, 9.17) is 11.6 Å². The number of amides is 1. The van der Waals surface area contributed by atoms with E-state index in [0.717, 1.165) is 20.7 Å². The molecule has 170 valence electrons. The molecule has 2 aromatic rings. The molecule has 0 spiro atoms. The van der Waals surface area contributed by atoms with E-state index in [1.165, 1.54) is 19.2 Å². The molecule has 0 radical (unpaired) electrons. The van der Waals surface area contributed by atoms with Crippen LogP contribution < -0.4 is 5.32 Å². The van der Waals surface area contributed by atoms with E-state index < -0.39 is 58.2 Å². The summed E-state index contributed by atoms with van der Waals surface area (Å²) in [6.07, 6.45) is 0.334. The molecule has 0 bridgehead atoms. The quantitative estimate of drug-likeness (QED) is 0.436. The normalized spacial score (nSPS) is 11.9. The van der Waals surface area contributed by atoms with Crippen LogP contribution in [-0.2, 0) is 21.5 Å². The fourth-order valence-corrected chi connectivity index (χ4v) is 4.29. The molecule has 0 aliphatic carbocycles. The van der Waals surface area contributed by atoms with Crippen molar-refractivity contribution in [1.29, 1.82) is 0 Å². The van der Waals surface area contributed by atoms with Gasteiger partial charge in [0.2, 0.25) is 5.91 Å². The largest absolute Gasteiger partial charge is 0.322 e. The highest BCUT2D eigenvalue weighted by Crippen LogP contribution is 2.23. The van der Waals surface area contributed by atoms with E-state index in [-0.39, 0.29) is 17.1 Å². The molecule has 0 saturated carbocycles. The maximum Gasteiger partial charge on any atom is 0.282 e. The van der Waals surface area contributed by atoms with Gasteiger partial charge in [-0.15, -0.1) is 0 Å². The molecular formula is C19H20ClF4N3O3S. The molecule has 0 aliphatic rings. The molecule has 0 aliphatic heterocycles. The lowest BCUT2D eigenvalue weighted by Gasteiger charge is -2.27. The molecule has 0 heterocycles. The standard InChI is InChI=1S/C19H20ClF4N3O3S/c1-3-9-27(11-17(28)25-16-8-7-15(22)18(23)19(16)24)31(29,30)26(2)10-12-13(20)5-4-6-14(12)21/h4-8H,3,9-11H2,1-2H3,(H,25,28). The zero-order valence-corrected chi connectivity index (χ0v) is 18.2. The van der Waals surface area contributed by atoms with Crippen molar-refractivity contribution in [1.82, 2.24) is 8.61 Å². The first-order valence-electron chi connectivity index (χ1n) is 9.06. The number of nitrogens with zero attached hydrogens (tertiary/aromatic N) is 2. The first-order valence-corrected chi connectivity index (χ1v) is 10.8. The predicted molar refractivity (Wildman–Crippen MR) is 109 cm³/mol. The second-order valence-corrected chi connectivity index (χ2v) is 9.01. The van der Waals surface area contributed by atoms with Crippen LogP contribution in [0, 0.1) is 23.3 Å². The van der Waals surface area contributed by atoms with Crippen molar-refractivity contribution in [2.24, 2.45) is 0 Å². The first kappa shape index (κ1) is 25.1. The fourth-order valence-electron chi connectivity index (χ4n) is 2.68. The van der Waals surface area contributed by atoms with Crippen molar-refractivity contribution in [2.45, 2.75) is 19.9 Å². The third-order valence-electron chi connectivity index (χ3n) is 4.26. The molecule has 0 aromatic heterocycles. The minimum atomic E-state index is -4.25. The summed E-state index contributed by atoms with van der Waals surface area (Å²) in [5.41, 5.74) is -0.677. The van der Waals surface area contributed by atoms with Gasteiger partial charge in [0, 0.05) is 30.7 Å². The molecule has 31 heavy (non-hydrogen) atoms. The van der Waals surface area contributed by atoms with Crippen LogP contribution in [0.5, 0.6) is 0 Å². The Hall–Kier alpha value is -2.21. The van der Waals surface area contributed by atoms with E-state index in [2.05, 4.69) is 0 Å². The Kier molecular flexibility index (Phi) is 8.41. The van der Waals surface area contributed by atoms with Crippen LogP contribution in [0.1, 0.15) is 18.9 Å². The minimum absolute atomic E-state index is 0.0376. The molecular weight excluding hydrogens is 462 g/mol. The molecule has 0 atom stereocenters. The highest BCUT2D eigenvalue weighted by molar-refractivity contribution is 7.86. The summed E-state index contributed by atoms with van der Waals surface area (Å²) in [6, 6.07) is 5.36. The minimum Gasteiger partial charge on any atom is -0.322 e. The van der Waals surface area contributed by atoms with Crippen molar-refractivity contribution < 1.29 is 30.8 Å². The van der Waals surface area contributed by atoms with E-state index in [0.29, 0.717) is 12.5 Å². The number of hydrogen-bond acceptors (Lipinski definition) is 3. The molecule has 2 aromatic carbocycles. The third kappa shape index (κ3) is 5.94. The maximum absolute atomic E-state index is 14.0. The Balaban J connectivity index is 2.19. The van der Waals surface area contributed by atoms with E-state index in [1.54, 1.807) is 6.92 Å². The van der Waals surface area contributed by atoms with Gasteiger partial charge in [0.25, 0.3) is 10.2 Å². The molecule has 1 amide bonds. The molecule has 12 heteroatoms. The second kappa shape index (κ2) is 10.4. The van der Waals surface area contributed by atoms with Crippen LogP contribution >= 0.6 is 11.6 Å². The first-order chi connectivity index (χ1) is 14.5. The Bertz CT molecular complexity index is 1050. The van der Waals surface area contributed by atoms with E-state index in [1.807, 2.05) is 5.32 Å². The van der Waals surface area contributed by atoms with Crippen LogP contribution in [0.2, 0.25) is 5.02 Å². The summed E-state index contributed by atoms with van der Waals surface area (Å²) >= 11 is 5.95. The monoisotopic (exact) mass is 481 g/mol. The zero-order valence-electron chi connectivity index (χ0n) is 16.6. The molecule has 0 saturated heterocycles. The van der Waals surface area contributed by atoms with E-state index >= 15 is 0 Å². The summed E-state index contributed by atoms with van der Waals surface area (Å²) in [7, 11) is -3.07. The molecule has 6 nitrogen and oxygen atoms in total. The van der Waals surface area contributed by atoms with Crippen LogP contribution in [0.4, 0.5) is 23.2 Å². The van der Waals surface area contributed by atoms with E-state index in [9.17, 15) is 30.8 Å². The number of hydrogen-bond donors (Lipinski definition) is 1. The average molecular weight is 482 g/mol. The molecule has 1 N–H and O–H groups in total. The van der Waals surface area contributed by atoms with Gasteiger partial charge in [-0.2, -0.15) is 17.0 Å². The lowest BCUT2D eigenvalue weighted by molar-refractivity contribution is -0.116. The smallest absolute Gasteiger partial charge is 0.282 e. The van der Waals surface area contributed by atoms with Crippen LogP contribution in [0.3, 0.4) is 0 Å². The Morgan fingerprint density at radius 1 is 1.06 bits per heavy atom. The summed E-state index contributed by atoms with van der Waals surface area (Å²) < 4.78 is 81.6. The summed E-state index contributed by atoms with van der Waals surface area (Å²) in [6.45, 7) is 0.464. The van der Waals surface area contributed by atoms with Gasteiger partial charge in [-0.25, -0.2) is 17.6 Å². The number of rotatable bonds is 9. The maximum atomic E-state index is 14.0. The summed E-state index contributed by atoms with van der Waals surface area (Å²) in [5.74, 6) is -6.47. The van der Waals surface area contributed by atoms with Crippen molar-refractivity contribution in [3.05, 3.63) is 64.2 Å². The van der Waals surface area contributed by atoms with Crippen LogP contribution in [0.25, 0.3) is 0 Å². The highest BCUT2D eigenvalue weighted by Gasteiger charge is 2.30. The highest BCUT2D eigenvalue weighted by atomic mass is 35.5. The molecule has 2 rings (SSSR count). The van der Waals surface area contributed by atoms with Gasteiger partial charge in [-0.3, -0.25) is 4.79 Å². The van der Waals surface area contributed by atoms with Crippen molar-refractivity contribution >= 4 is 33.4 Å². The van der Waals surface area contributed by atoms with Crippen molar-refractivity contribution in [3.8, 4) is 0 Å². The van der Waals surface area contributed by atoms with Crippen molar-refractivity contribution in [3.63, 3.8) is 0 Å². The molecule has 0 unspecified atom stereocenters. The fraction of sp³-hybridized carbons (Fsp3) is 0.316. The van der Waals surface area contributed by atoms with Gasteiger partial charge in [-0.1, -0.05) is 24.6 Å². The lowest BCUT2D eigenvalue weighted by atomic mass is 10.2. The third-order valence-corrected chi connectivity index (χ3v) is 6.50. The zero-order chi connectivity index (χ0) is 23.3. The second-order valence-electron chi connectivity index (χ2n) is 6.57. The topological polar surface area (TPSA) is 69.7 Å². The van der Waals surface area contributed by atoms with Gasteiger partial charge < -0.3 is 5.32 Å².